The van der Waals surface area contributed by atoms with Gasteiger partial charge in [0, 0.05) is 0 Å². The molecule has 2 atom stereocenters. The van der Waals surface area contributed by atoms with E-state index in [0.29, 0.717) is 3.23 Å². The quantitative estimate of drug-likeness (QED) is 0.452. The van der Waals surface area contributed by atoms with Crippen molar-refractivity contribution in [1.82, 2.24) is 0 Å². The number of fused-ring (bicyclic) bond motifs is 1. The lowest BCUT2D eigenvalue weighted by Gasteiger charge is -2.00. The molecule has 0 radical (unpaired) electrons. The summed E-state index contributed by atoms with van der Waals surface area (Å²) >= 11 is 7.58. The van der Waals surface area contributed by atoms with Gasteiger partial charge in [-0.3, -0.25) is 0 Å². The summed E-state index contributed by atoms with van der Waals surface area (Å²) in [5, 5.41) is 0. The standard InChI is InChI=1S/C11H16Br2/c12-11(13)9-7-5-3-1-2-4-6-8-10(9)11/h1,3,9-10H,2,4-8H2. The van der Waals surface area contributed by atoms with E-state index in [1.165, 1.54) is 38.5 Å². The number of halogens is 2. The molecule has 0 nitrogen and oxygen atoms in total. The van der Waals surface area contributed by atoms with E-state index in [9.17, 15) is 0 Å². The maximum atomic E-state index is 3.79. The molecular weight excluding hydrogens is 292 g/mol. The Morgan fingerprint density at radius 2 is 1.62 bits per heavy atom. The van der Waals surface area contributed by atoms with Crippen LogP contribution in [-0.4, -0.2) is 3.23 Å². The highest BCUT2D eigenvalue weighted by Gasteiger charge is 2.59. The zero-order valence-electron chi connectivity index (χ0n) is 7.81. The zero-order valence-corrected chi connectivity index (χ0v) is 11.0. The number of hydrogen-bond donors (Lipinski definition) is 0. The summed E-state index contributed by atoms with van der Waals surface area (Å²) in [5.74, 6) is 1.76. The Hall–Kier alpha value is 0.700. The third-order valence-electron chi connectivity index (χ3n) is 3.31. The van der Waals surface area contributed by atoms with Crippen LogP contribution in [0.4, 0.5) is 0 Å². The first-order valence-corrected chi connectivity index (χ1v) is 6.84. The molecule has 0 amide bonds. The Kier molecular flexibility index (Phi) is 3.19. The van der Waals surface area contributed by atoms with Crippen molar-refractivity contribution in [1.29, 1.82) is 0 Å². The predicted molar refractivity (Wildman–Crippen MR) is 64.4 cm³/mol. The van der Waals surface area contributed by atoms with Gasteiger partial charge in [0.1, 0.15) is 0 Å². The smallest absolute Gasteiger partial charge is 0.0868 e. The Bertz CT molecular complexity index is 208. The molecule has 2 aliphatic rings. The third kappa shape index (κ3) is 2.20. The third-order valence-corrected chi connectivity index (χ3v) is 5.66. The van der Waals surface area contributed by atoms with Crippen molar-refractivity contribution in [3.05, 3.63) is 12.2 Å². The predicted octanol–water partition coefficient (Wildman–Crippen LogP) is 4.63. The molecule has 1 fully saturated rings. The fraction of sp³-hybridized carbons (Fsp3) is 0.818. The first-order valence-electron chi connectivity index (χ1n) is 5.25. The average molecular weight is 308 g/mol. The van der Waals surface area contributed by atoms with E-state index in [1.54, 1.807) is 0 Å². The maximum Gasteiger partial charge on any atom is 0.0868 e. The molecule has 0 heterocycles. The van der Waals surface area contributed by atoms with Crippen molar-refractivity contribution in [2.45, 2.75) is 41.8 Å². The average Bonchev–Trinajstić information content (AvgIpc) is 2.63. The van der Waals surface area contributed by atoms with Gasteiger partial charge in [-0.2, -0.15) is 0 Å². The molecular formula is C11H16Br2. The highest BCUT2D eigenvalue weighted by Crippen LogP contribution is 2.65. The molecule has 0 saturated heterocycles. The summed E-state index contributed by atoms with van der Waals surface area (Å²) in [5.41, 5.74) is 0. The van der Waals surface area contributed by atoms with Crippen LogP contribution in [-0.2, 0) is 0 Å². The van der Waals surface area contributed by atoms with Crippen LogP contribution in [0.2, 0.25) is 0 Å². The van der Waals surface area contributed by atoms with E-state index in [0.717, 1.165) is 11.8 Å². The largest absolute Gasteiger partial charge is 0.0885 e. The molecule has 2 aliphatic carbocycles. The summed E-state index contributed by atoms with van der Waals surface area (Å²) in [6.07, 6.45) is 12.8. The zero-order chi connectivity index (χ0) is 9.31. The van der Waals surface area contributed by atoms with Crippen molar-refractivity contribution in [3.63, 3.8) is 0 Å². The van der Waals surface area contributed by atoms with Gasteiger partial charge in [0.2, 0.25) is 0 Å². The molecule has 0 aromatic carbocycles. The van der Waals surface area contributed by atoms with Crippen LogP contribution >= 0.6 is 31.9 Å². The van der Waals surface area contributed by atoms with Crippen molar-refractivity contribution >= 4 is 31.9 Å². The molecule has 0 aliphatic heterocycles. The molecule has 0 aromatic heterocycles. The van der Waals surface area contributed by atoms with Gasteiger partial charge < -0.3 is 0 Å². The highest BCUT2D eigenvalue weighted by molar-refractivity contribution is 9.25. The van der Waals surface area contributed by atoms with Gasteiger partial charge in [0.25, 0.3) is 0 Å². The molecule has 2 rings (SSSR count). The number of hydrogen-bond acceptors (Lipinski definition) is 0. The van der Waals surface area contributed by atoms with Crippen LogP contribution in [0.15, 0.2) is 12.2 Å². The van der Waals surface area contributed by atoms with E-state index in [-0.39, 0.29) is 0 Å². The van der Waals surface area contributed by atoms with Gasteiger partial charge in [-0.05, 0) is 43.9 Å². The molecule has 74 valence electrons. The summed E-state index contributed by atoms with van der Waals surface area (Å²) in [6.45, 7) is 0. The van der Waals surface area contributed by atoms with Crippen LogP contribution in [0.25, 0.3) is 0 Å². The molecule has 1 saturated carbocycles. The summed E-state index contributed by atoms with van der Waals surface area (Å²) in [6, 6.07) is 0. The molecule has 2 unspecified atom stereocenters. The van der Waals surface area contributed by atoms with Crippen LogP contribution in [0, 0.1) is 11.8 Å². The van der Waals surface area contributed by atoms with Gasteiger partial charge >= 0.3 is 0 Å². The Morgan fingerprint density at radius 3 is 2.46 bits per heavy atom. The van der Waals surface area contributed by atoms with E-state index >= 15 is 0 Å². The van der Waals surface area contributed by atoms with Crippen LogP contribution < -0.4 is 0 Å². The Balaban J connectivity index is 1.93. The molecule has 0 spiro atoms. The van der Waals surface area contributed by atoms with Crippen molar-refractivity contribution in [2.24, 2.45) is 11.8 Å². The van der Waals surface area contributed by atoms with Crippen molar-refractivity contribution in [3.8, 4) is 0 Å². The molecule has 2 heteroatoms. The normalized spacial score (nSPS) is 38.0. The second-order valence-corrected chi connectivity index (χ2v) is 7.91. The van der Waals surface area contributed by atoms with Crippen LogP contribution in [0.5, 0.6) is 0 Å². The molecule has 13 heavy (non-hydrogen) atoms. The van der Waals surface area contributed by atoms with Crippen molar-refractivity contribution in [2.75, 3.05) is 0 Å². The van der Waals surface area contributed by atoms with E-state index in [2.05, 4.69) is 44.0 Å². The van der Waals surface area contributed by atoms with E-state index in [4.69, 9.17) is 0 Å². The second-order valence-electron chi connectivity index (χ2n) is 4.22. The minimum Gasteiger partial charge on any atom is -0.0885 e. The lowest BCUT2D eigenvalue weighted by Crippen LogP contribution is -1.88. The van der Waals surface area contributed by atoms with Crippen molar-refractivity contribution < 1.29 is 0 Å². The second kappa shape index (κ2) is 4.06. The Morgan fingerprint density at radius 1 is 0.923 bits per heavy atom. The number of alkyl halides is 2. The fourth-order valence-corrected chi connectivity index (χ4v) is 4.31. The van der Waals surface area contributed by atoms with Crippen LogP contribution in [0.1, 0.15) is 38.5 Å². The Labute approximate surface area is 97.4 Å². The maximum absolute atomic E-state index is 3.79. The number of allylic oxidation sites excluding steroid dienone is 2. The van der Waals surface area contributed by atoms with Crippen LogP contribution in [0.3, 0.4) is 0 Å². The van der Waals surface area contributed by atoms with Gasteiger partial charge in [0.15, 0.2) is 0 Å². The molecule has 0 N–H and O–H groups in total. The van der Waals surface area contributed by atoms with Gasteiger partial charge in [0.05, 0.1) is 3.23 Å². The monoisotopic (exact) mass is 306 g/mol. The van der Waals surface area contributed by atoms with Gasteiger partial charge in [-0.15, -0.1) is 0 Å². The summed E-state index contributed by atoms with van der Waals surface area (Å²) < 4.78 is 0.304. The SMILES string of the molecule is BrC1(Br)C2CCC=CCCCCC21. The van der Waals surface area contributed by atoms with E-state index < -0.39 is 0 Å². The topological polar surface area (TPSA) is 0 Å². The summed E-state index contributed by atoms with van der Waals surface area (Å²) in [4.78, 5) is 0. The van der Waals surface area contributed by atoms with Gasteiger partial charge in [-0.25, -0.2) is 0 Å². The molecule has 0 aromatic rings. The fourth-order valence-electron chi connectivity index (χ4n) is 2.39. The first-order chi connectivity index (χ1) is 6.23. The first kappa shape index (κ1) is 10.2. The summed E-state index contributed by atoms with van der Waals surface area (Å²) in [7, 11) is 0. The lowest BCUT2D eigenvalue weighted by atomic mass is 10.1. The minimum absolute atomic E-state index is 0.304. The van der Waals surface area contributed by atoms with E-state index in [1.807, 2.05) is 0 Å². The highest BCUT2D eigenvalue weighted by atomic mass is 79.9. The number of rotatable bonds is 0. The van der Waals surface area contributed by atoms with Gasteiger partial charge in [-0.1, -0.05) is 50.4 Å². The minimum atomic E-state index is 0.304. The lowest BCUT2D eigenvalue weighted by molar-refractivity contribution is 0.566. The molecule has 0 bridgehead atoms.